The van der Waals surface area contributed by atoms with Gasteiger partial charge in [-0.2, -0.15) is 0 Å². The van der Waals surface area contributed by atoms with Crippen LogP contribution in [0.3, 0.4) is 0 Å². The molecule has 0 aliphatic carbocycles. The maximum absolute atomic E-state index is 12.6. The highest BCUT2D eigenvalue weighted by Crippen LogP contribution is 2.28. The van der Waals surface area contributed by atoms with Crippen molar-refractivity contribution in [2.24, 2.45) is 0 Å². The summed E-state index contributed by atoms with van der Waals surface area (Å²) in [6.45, 7) is 3.15. The zero-order valence-corrected chi connectivity index (χ0v) is 17.3. The van der Waals surface area contributed by atoms with Crippen LogP contribution in [0.5, 0.6) is 0 Å². The molecule has 1 heterocycles. The quantitative estimate of drug-likeness (QED) is 0.577. The minimum absolute atomic E-state index is 0.144. The lowest BCUT2D eigenvalue weighted by Gasteiger charge is -2.17. The third kappa shape index (κ3) is 5.90. The first-order chi connectivity index (χ1) is 14.0. The minimum Gasteiger partial charge on any atom is -0.352 e. The smallest absolute Gasteiger partial charge is 0.255 e. The van der Waals surface area contributed by atoms with Crippen LogP contribution >= 0.6 is 0 Å². The average molecular weight is 389 g/mol. The molecule has 0 fully saturated rings. The summed E-state index contributed by atoms with van der Waals surface area (Å²) in [5.41, 5.74) is 5.63. The van der Waals surface area contributed by atoms with Gasteiger partial charge in [0.15, 0.2) is 0 Å². The number of benzene rings is 2. The summed E-state index contributed by atoms with van der Waals surface area (Å²) >= 11 is 0. The molecule has 1 amide bonds. The molecule has 0 aliphatic rings. The van der Waals surface area contributed by atoms with Gasteiger partial charge in [-0.3, -0.25) is 9.78 Å². The van der Waals surface area contributed by atoms with Crippen LogP contribution in [0.1, 0.15) is 27.9 Å². The van der Waals surface area contributed by atoms with Crippen LogP contribution in [0.4, 0.5) is 17.1 Å². The van der Waals surface area contributed by atoms with E-state index in [1.54, 1.807) is 24.5 Å². The van der Waals surface area contributed by atoms with E-state index in [1.165, 1.54) is 11.1 Å². The standard InChI is InChI=1S/C24H28N4O/c1-18-11-12-21(20(16-18)10-7-15-28(2)3)26-23-17-25-14-13-22(23)27-24(29)19-8-5-4-6-9-19/h4-6,8-9,11-14,16-17,26H,7,10,15H2,1-3H3,(H,25,27,29). The number of hydrogen-bond acceptors (Lipinski definition) is 4. The SMILES string of the molecule is Cc1ccc(Nc2cnccc2NC(=O)c2ccccc2)c(CCCN(C)C)c1. The average Bonchev–Trinajstić information content (AvgIpc) is 2.71. The Balaban J connectivity index is 1.79. The van der Waals surface area contributed by atoms with Crippen LogP contribution in [-0.4, -0.2) is 36.4 Å². The van der Waals surface area contributed by atoms with Crippen LogP contribution in [0.15, 0.2) is 67.0 Å². The molecule has 5 nitrogen and oxygen atoms in total. The summed E-state index contributed by atoms with van der Waals surface area (Å²) in [7, 11) is 4.18. The highest BCUT2D eigenvalue weighted by molar-refractivity contribution is 6.06. The molecule has 0 aliphatic heterocycles. The number of carbonyl (C=O) groups is 1. The van der Waals surface area contributed by atoms with Crippen molar-refractivity contribution in [2.75, 3.05) is 31.3 Å². The van der Waals surface area contributed by atoms with Crippen LogP contribution in [-0.2, 0) is 6.42 Å². The number of carbonyl (C=O) groups excluding carboxylic acids is 1. The Labute approximate surface area is 172 Å². The molecule has 5 heteroatoms. The molecule has 0 unspecified atom stereocenters. The molecule has 0 bridgehead atoms. The molecule has 0 radical (unpaired) electrons. The molecule has 0 saturated carbocycles. The fourth-order valence-electron chi connectivity index (χ4n) is 3.17. The van der Waals surface area contributed by atoms with Crippen molar-refractivity contribution < 1.29 is 4.79 Å². The summed E-state index contributed by atoms with van der Waals surface area (Å²) < 4.78 is 0. The Kier molecular flexibility index (Phi) is 6.98. The van der Waals surface area contributed by atoms with Crippen LogP contribution < -0.4 is 10.6 Å². The van der Waals surface area contributed by atoms with Gasteiger partial charge in [0.2, 0.25) is 0 Å². The van der Waals surface area contributed by atoms with Gasteiger partial charge in [0.05, 0.1) is 17.6 Å². The van der Waals surface area contributed by atoms with Gasteiger partial charge in [-0.25, -0.2) is 0 Å². The third-order valence-corrected chi connectivity index (χ3v) is 4.69. The Bertz CT molecular complexity index is 954. The second-order valence-electron chi connectivity index (χ2n) is 7.43. The van der Waals surface area contributed by atoms with Crippen molar-refractivity contribution in [2.45, 2.75) is 19.8 Å². The number of nitrogens with one attached hydrogen (secondary N) is 2. The lowest BCUT2D eigenvalue weighted by Crippen LogP contribution is -2.14. The third-order valence-electron chi connectivity index (χ3n) is 4.69. The zero-order valence-electron chi connectivity index (χ0n) is 17.3. The lowest BCUT2D eigenvalue weighted by atomic mass is 10.0. The van der Waals surface area contributed by atoms with Gasteiger partial charge in [-0.1, -0.05) is 35.9 Å². The number of pyridine rings is 1. The number of nitrogens with zero attached hydrogens (tertiary/aromatic N) is 2. The first kappa shape index (κ1) is 20.6. The fourth-order valence-corrected chi connectivity index (χ4v) is 3.17. The van der Waals surface area contributed by atoms with Crippen LogP contribution in [0.25, 0.3) is 0 Å². The molecule has 2 N–H and O–H groups in total. The summed E-state index contributed by atoms with van der Waals surface area (Å²) in [6.07, 6.45) is 5.48. The van der Waals surface area contributed by atoms with E-state index in [2.05, 4.69) is 59.7 Å². The lowest BCUT2D eigenvalue weighted by molar-refractivity contribution is 0.102. The summed E-state index contributed by atoms with van der Waals surface area (Å²) in [5, 5.41) is 6.46. The molecule has 29 heavy (non-hydrogen) atoms. The van der Waals surface area contributed by atoms with Crippen molar-refractivity contribution in [3.05, 3.63) is 83.7 Å². The Hall–Kier alpha value is -3.18. The van der Waals surface area contributed by atoms with Gasteiger partial charge in [0, 0.05) is 17.4 Å². The largest absolute Gasteiger partial charge is 0.352 e. The normalized spacial score (nSPS) is 10.8. The fraction of sp³-hybridized carbons (Fsp3) is 0.250. The molecule has 150 valence electrons. The van der Waals surface area contributed by atoms with E-state index >= 15 is 0 Å². The monoisotopic (exact) mass is 388 g/mol. The maximum atomic E-state index is 12.6. The number of hydrogen-bond donors (Lipinski definition) is 2. The molecular weight excluding hydrogens is 360 g/mol. The maximum Gasteiger partial charge on any atom is 0.255 e. The molecule has 1 aromatic heterocycles. The van der Waals surface area contributed by atoms with E-state index in [-0.39, 0.29) is 5.91 Å². The van der Waals surface area contributed by atoms with Crippen molar-refractivity contribution in [3.63, 3.8) is 0 Å². The minimum atomic E-state index is -0.144. The molecular formula is C24H28N4O. The molecule has 3 aromatic rings. The molecule has 0 saturated heterocycles. The van der Waals surface area contributed by atoms with E-state index in [4.69, 9.17) is 0 Å². The number of amides is 1. The van der Waals surface area contributed by atoms with Gasteiger partial charge < -0.3 is 15.5 Å². The number of aryl methyl sites for hydroxylation is 2. The highest BCUT2D eigenvalue weighted by atomic mass is 16.1. The van der Waals surface area contributed by atoms with E-state index in [0.717, 1.165) is 30.8 Å². The Morgan fingerprint density at radius 2 is 1.79 bits per heavy atom. The predicted octanol–water partition coefficient (Wildman–Crippen LogP) is 4.88. The van der Waals surface area contributed by atoms with E-state index in [1.807, 2.05) is 24.3 Å². The number of anilines is 3. The van der Waals surface area contributed by atoms with E-state index in [0.29, 0.717) is 11.3 Å². The van der Waals surface area contributed by atoms with Gasteiger partial charge >= 0.3 is 0 Å². The summed E-state index contributed by atoms with van der Waals surface area (Å²) in [5.74, 6) is -0.144. The Morgan fingerprint density at radius 3 is 2.55 bits per heavy atom. The van der Waals surface area contributed by atoms with Gasteiger partial charge in [0.25, 0.3) is 5.91 Å². The van der Waals surface area contributed by atoms with E-state index < -0.39 is 0 Å². The van der Waals surface area contributed by atoms with Crippen LogP contribution in [0, 0.1) is 6.92 Å². The van der Waals surface area contributed by atoms with Crippen molar-refractivity contribution in [1.29, 1.82) is 0 Å². The van der Waals surface area contributed by atoms with Crippen LogP contribution in [0.2, 0.25) is 0 Å². The first-order valence-corrected chi connectivity index (χ1v) is 9.84. The topological polar surface area (TPSA) is 57.3 Å². The summed E-state index contributed by atoms with van der Waals surface area (Å²) in [6, 6.07) is 17.4. The van der Waals surface area contributed by atoms with Gasteiger partial charge in [0.1, 0.15) is 0 Å². The van der Waals surface area contributed by atoms with Crippen molar-refractivity contribution in [3.8, 4) is 0 Å². The Morgan fingerprint density at radius 1 is 1.00 bits per heavy atom. The number of aromatic nitrogens is 1. The molecule has 3 rings (SSSR count). The zero-order chi connectivity index (χ0) is 20.6. The summed E-state index contributed by atoms with van der Waals surface area (Å²) in [4.78, 5) is 19.0. The molecule has 0 atom stereocenters. The predicted molar refractivity (Wildman–Crippen MR) is 120 cm³/mol. The second kappa shape index (κ2) is 9.85. The second-order valence-corrected chi connectivity index (χ2v) is 7.43. The first-order valence-electron chi connectivity index (χ1n) is 9.84. The highest BCUT2D eigenvalue weighted by Gasteiger charge is 2.11. The molecule has 0 spiro atoms. The van der Waals surface area contributed by atoms with Gasteiger partial charge in [-0.15, -0.1) is 0 Å². The van der Waals surface area contributed by atoms with E-state index in [9.17, 15) is 4.79 Å². The molecule has 2 aromatic carbocycles. The van der Waals surface area contributed by atoms with Gasteiger partial charge in [-0.05, 0) is 70.2 Å². The van der Waals surface area contributed by atoms with Crippen molar-refractivity contribution in [1.82, 2.24) is 9.88 Å². The van der Waals surface area contributed by atoms with Crippen molar-refractivity contribution >= 4 is 23.0 Å². The number of rotatable bonds is 8.